The predicted molar refractivity (Wildman–Crippen MR) is 97.6 cm³/mol. The second-order valence-corrected chi connectivity index (χ2v) is 6.74. The minimum atomic E-state index is -2.80. The molecule has 0 aliphatic rings. The highest BCUT2D eigenvalue weighted by molar-refractivity contribution is 7.99. The van der Waals surface area contributed by atoms with Crippen molar-refractivity contribution in [3.05, 3.63) is 52.3 Å². The molecule has 0 N–H and O–H groups in total. The van der Waals surface area contributed by atoms with Crippen LogP contribution in [-0.2, 0) is 6.54 Å². The molecule has 4 aromatic rings. The molecule has 148 valence electrons. The summed E-state index contributed by atoms with van der Waals surface area (Å²) in [5, 5.41) is 31.3. The van der Waals surface area contributed by atoms with E-state index < -0.39 is 17.2 Å². The molecule has 10 nitrogen and oxygen atoms in total. The number of rotatable bonds is 6. The Bertz CT molecular complexity index is 1190. The summed E-state index contributed by atoms with van der Waals surface area (Å²) >= 11 is 1.15. The van der Waals surface area contributed by atoms with Gasteiger partial charge >= 0.3 is 0 Å². The van der Waals surface area contributed by atoms with Crippen LogP contribution >= 0.6 is 11.8 Å². The molecular formula is C16H12F2N8O2S. The summed E-state index contributed by atoms with van der Waals surface area (Å²) < 4.78 is 28.9. The van der Waals surface area contributed by atoms with Gasteiger partial charge in [-0.15, -0.1) is 20.4 Å². The fourth-order valence-corrected chi connectivity index (χ4v) is 3.52. The number of halogens is 2. The van der Waals surface area contributed by atoms with Crippen LogP contribution in [0.3, 0.4) is 0 Å². The summed E-state index contributed by atoms with van der Waals surface area (Å²) in [7, 11) is 0. The zero-order valence-corrected chi connectivity index (χ0v) is 15.6. The predicted octanol–water partition coefficient (Wildman–Crippen LogP) is 3.40. The SMILES string of the molecule is CCn1c(Sc2ccc3nnc(C(F)F)n3n2)nnc1-c1ccc([N+](=O)[O-])cc1. The van der Waals surface area contributed by atoms with E-state index >= 15 is 0 Å². The van der Waals surface area contributed by atoms with Gasteiger partial charge in [0.1, 0.15) is 5.03 Å². The van der Waals surface area contributed by atoms with Crippen LogP contribution in [0.25, 0.3) is 17.0 Å². The maximum atomic E-state index is 13.0. The van der Waals surface area contributed by atoms with E-state index in [1.807, 2.05) is 6.92 Å². The molecule has 3 aromatic heterocycles. The monoisotopic (exact) mass is 418 g/mol. The molecule has 29 heavy (non-hydrogen) atoms. The van der Waals surface area contributed by atoms with Crippen LogP contribution < -0.4 is 0 Å². The third kappa shape index (κ3) is 3.51. The maximum Gasteiger partial charge on any atom is 0.299 e. The molecule has 0 saturated carbocycles. The average molecular weight is 418 g/mol. The van der Waals surface area contributed by atoms with Gasteiger partial charge in [-0.2, -0.15) is 9.61 Å². The van der Waals surface area contributed by atoms with Crippen molar-refractivity contribution in [2.45, 2.75) is 30.1 Å². The molecule has 0 aliphatic carbocycles. The Labute approximate surface area is 165 Å². The summed E-state index contributed by atoms with van der Waals surface area (Å²) in [4.78, 5) is 10.3. The number of nitrogens with zero attached hydrogens (tertiary/aromatic N) is 8. The third-order valence-corrected chi connectivity index (χ3v) is 4.93. The number of nitro benzene ring substituents is 1. The number of benzene rings is 1. The highest BCUT2D eigenvalue weighted by Gasteiger charge is 2.19. The van der Waals surface area contributed by atoms with Crippen LogP contribution in [0.2, 0.25) is 0 Å². The third-order valence-electron chi connectivity index (χ3n) is 4.02. The van der Waals surface area contributed by atoms with Gasteiger partial charge in [-0.25, -0.2) is 8.78 Å². The van der Waals surface area contributed by atoms with Crippen molar-refractivity contribution in [2.24, 2.45) is 0 Å². The fourth-order valence-electron chi connectivity index (χ4n) is 2.67. The van der Waals surface area contributed by atoms with E-state index in [2.05, 4.69) is 25.5 Å². The molecule has 4 rings (SSSR count). The first-order chi connectivity index (χ1) is 14.0. The molecule has 0 unspecified atom stereocenters. The average Bonchev–Trinajstić information content (AvgIpc) is 3.31. The van der Waals surface area contributed by atoms with E-state index in [0.29, 0.717) is 28.1 Å². The molecule has 0 saturated heterocycles. The lowest BCUT2D eigenvalue weighted by Gasteiger charge is -2.07. The molecular weight excluding hydrogens is 406 g/mol. The molecule has 0 amide bonds. The van der Waals surface area contributed by atoms with Gasteiger partial charge in [-0.1, -0.05) is 0 Å². The van der Waals surface area contributed by atoms with Crippen LogP contribution in [0, 0.1) is 10.1 Å². The lowest BCUT2D eigenvalue weighted by Crippen LogP contribution is -2.02. The normalized spacial score (nSPS) is 11.4. The molecule has 0 fully saturated rings. The van der Waals surface area contributed by atoms with Gasteiger partial charge in [0.25, 0.3) is 12.1 Å². The Morgan fingerprint density at radius 2 is 1.86 bits per heavy atom. The van der Waals surface area contributed by atoms with Gasteiger partial charge in [0.15, 0.2) is 16.6 Å². The highest BCUT2D eigenvalue weighted by Crippen LogP contribution is 2.29. The molecule has 0 spiro atoms. The Morgan fingerprint density at radius 1 is 1.10 bits per heavy atom. The number of hydrogen-bond acceptors (Lipinski definition) is 8. The van der Waals surface area contributed by atoms with Gasteiger partial charge in [0.05, 0.1) is 4.92 Å². The van der Waals surface area contributed by atoms with E-state index in [4.69, 9.17) is 0 Å². The summed E-state index contributed by atoms with van der Waals surface area (Å²) in [6, 6.07) is 9.15. The number of alkyl halides is 2. The quantitative estimate of drug-likeness (QED) is 0.345. The Morgan fingerprint density at radius 3 is 2.52 bits per heavy atom. The van der Waals surface area contributed by atoms with Crippen molar-refractivity contribution in [1.29, 1.82) is 0 Å². The second kappa shape index (κ2) is 7.50. The first kappa shape index (κ1) is 18.9. The van der Waals surface area contributed by atoms with Crippen LogP contribution in [0.4, 0.5) is 14.5 Å². The molecule has 0 radical (unpaired) electrons. The largest absolute Gasteiger partial charge is 0.302 e. The van der Waals surface area contributed by atoms with Crippen molar-refractivity contribution < 1.29 is 13.7 Å². The fraction of sp³-hybridized carbons (Fsp3) is 0.188. The first-order valence-corrected chi connectivity index (χ1v) is 9.16. The molecule has 1 aromatic carbocycles. The van der Waals surface area contributed by atoms with Crippen molar-refractivity contribution in [2.75, 3.05) is 0 Å². The highest BCUT2D eigenvalue weighted by atomic mass is 32.2. The maximum absolute atomic E-state index is 13.0. The Kier molecular flexibility index (Phi) is 4.88. The standard InChI is InChI=1S/C16H12F2N8O2S/c1-2-24-14(9-3-5-10(6-4-9)26(27)28)20-22-16(24)29-12-8-7-11-19-21-15(13(17)18)25(11)23-12/h3-8,13H,2H2,1H3. The van der Waals surface area contributed by atoms with Crippen LogP contribution in [0.5, 0.6) is 0 Å². The number of hydrogen-bond donors (Lipinski definition) is 0. The van der Waals surface area contributed by atoms with E-state index in [1.165, 1.54) is 18.2 Å². The van der Waals surface area contributed by atoms with Crippen LogP contribution in [-0.4, -0.2) is 39.5 Å². The number of fused-ring (bicyclic) bond motifs is 1. The summed E-state index contributed by atoms with van der Waals surface area (Å²) in [5.41, 5.74) is 0.861. The summed E-state index contributed by atoms with van der Waals surface area (Å²) in [6.07, 6.45) is -2.80. The topological polar surface area (TPSA) is 117 Å². The van der Waals surface area contributed by atoms with E-state index in [-0.39, 0.29) is 11.3 Å². The first-order valence-electron chi connectivity index (χ1n) is 8.34. The van der Waals surface area contributed by atoms with Gasteiger partial charge in [-0.3, -0.25) is 10.1 Å². The Balaban J connectivity index is 1.67. The lowest BCUT2D eigenvalue weighted by molar-refractivity contribution is -0.384. The number of aromatic nitrogens is 7. The number of non-ortho nitro benzene ring substituents is 1. The number of nitro groups is 1. The van der Waals surface area contributed by atoms with E-state index in [9.17, 15) is 18.9 Å². The van der Waals surface area contributed by atoms with Gasteiger partial charge in [-0.05, 0) is 43.0 Å². The van der Waals surface area contributed by atoms with E-state index in [1.54, 1.807) is 22.8 Å². The van der Waals surface area contributed by atoms with Crippen molar-refractivity contribution >= 4 is 23.1 Å². The van der Waals surface area contributed by atoms with Crippen LogP contribution in [0.1, 0.15) is 19.2 Å². The van der Waals surface area contributed by atoms with Crippen molar-refractivity contribution in [3.63, 3.8) is 0 Å². The lowest BCUT2D eigenvalue weighted by atomic mass is 10.2. The molecule has 0 bridgehead atoms. The molecule has 13 heteroatoms. The minimum Gasteiger partial charge on any atom is -0.302 e. The second-order valence-electron chi connectivity index (χ2n) is 5.76. The smallest absolute Gasteiger partial charge is 0.299 e. The molecule has 0 aliphatic heterocycles. The molecule has 3 heterocycles. The molecule has 0 atom stereocenters. The van der Waals surface area contributed by atoms with Gasteiger partial charge in [0, 0.05) is 24.2 Å². The van der Waals surface area contributed by atoms with E-state index in [0.717, 1.165) is 16.3 Å². The Hall–Kier alpha value is -3.48. The summed E-state index contributed by atoms with van der Waals surface area (Å²) in [5.74, 6) is -0.00507. The zero-order valence-electron chi connectivity index (χ0n) is 14.8. The summed E-state index contributed by atoms with van der Waals surface area (Å²) in [6.45, 7) is 2.42. The van der Waals surface area contributed by atoms with Gasteiger partial charge in [0.2, 0.25) is 5.82 Å². The van der Waals surface area contributed by atoms with Crippen molar-refractivity contribution in [1.82, 2.24) is 34.6 Å². The van der Waals surface area contributed by atoms with Gasteiger partial charge < -0.3 is 4.57 Å². The zero-order chi connectivity index (χ0) is 20.5. The van der Waals surface area contributed by atoms with Crippen molar-refractivity contribution in [3.8, 4) is 11.4 Å². The van der Waals surface area contributed by atoms with Crippen LogP contribution in [0.15, 0.2) is 46.6 Å². The minimum absolute atomic E-state index is 0.0211.